The van der Waals surface area contributed by atoms with Gasteiger partial charge in [0.05, 0.1) is 16.8 Å². The van der Waals surface area contributed by atoms with E-state index in [1.807, 2.05) is 34.7 Å². The first kappa shape index (κ1) is 14.6. The highest BCUT2D eigenvalue weighted by molar-refractivity contribution is 7.98. The van der Waals surface area contributed by atoms with Gasteiger partial charge in [0, 0.05) is 29.1 Å². The monoisotopic (exact) mass is 318 g/mol. The lowest BCUT2D eigenvalue weighted by atomic mass is 10.1. The fourth-order valence-corrected chi connectivity index (χ4v) is 4.11. The molecule has 3 nitrogen and oxygen atoms in total. The van der Waals surface area contributed by atoms with Gasteiger partial charge in [-0.3, -0.25) is 4.79 Å². The molecule has 1 aliphatic rings. The van der Waals surface area contributed by atoms with E-state index in [0.29, 0.717) is 0 Å². The van der Waals surface area contributed by atoms with Crippen molar-refractivity contribution in [2.24, 2.45) is 0 Å². The Kier molecular flexibility index (Phi) is 4.93. The van der Waals surface area contributed by atoms with Gasteiger partial charge in [-0.15, -0.1) is 23.1 Å². The summed E-state index contributed by atoms with van der Waals surface area (Å²) in [6, 6.07) is 7.93. The molecule has 2 heterocycles. The molecular weight excluding hydrogens is 300 g/mol. The van der Waals surface area contributed by atoms with E-state index >= 15 is 0 Å². The summed E-state index contributed by atoms with van der Waals surface area (Å²) in [5.41, 5.74) is 3.76. The topological polar surface area (TPSA) is 33.2 Å². The van der Waals surface area contributed by atoms with Gasteiger partial charge in [-0.05, 0) is 31.4 Å². The van der Waals surface area contributed by atoms with Crippen molar-refractivity contribution in [1.82, 2.24) is 9.88 Å². The molecule has 2 aromatic rings. The summed E-state index contributed by atoms with van der Waals surface area (Å²) in [4.78, 5) is 20.0. The normalized spacial score (nSPS) is 15.1. The highest BCUT2D eigenvalue weighted by Gasteiger charge is 2.20. The number of carbonyl (C=O) groups is 1. The first-order chi connectivity index (χ1) is 10.3. The summed E-state index contributed by atoms with van der Waals surface area (Å²) in [7, 11) is 0. The SMILES string of the molecule is O=C(c1ccccc1SCc1cscn1)N1CCCCC1. The molecular formula is C16H18N2OS2. The lowest BCUT2D eigenvalue weighted by molar-refractivity contribution is 0.0721. The van der Waals surface area contributed by atoms with Crippen LogP contribution in [0.5, 0.6) is 0 Å². The number of carbonyl (C=O) groups excluding carboxylic acids is 1. The van der Waals surface area contributed by atoms with E-state index in [0.717, 1.165) is 47.8 Å². The zero-order valence-electron chi connectivity index (χ0n) is 11.8. The first-order valence-corrected chi connectivity index (χ1v) is 9.15. The molecule has 1 aromatic heterocycles. The van der Waals surface area contributed by atoms with Gasteiger partial charge in [0.1, 0.15) is 0 Å². The molecule has 0 aliphatic carbocycles. The Morgan fingerprint density at radius 3 is 2.81 bits per heavy atom. The van der Waals surface area contributed by atoms with E-state index in [1.54, 1.807) is 23.1 Å². The predicted octanol–water partition coefficient (Wildman–Crippen LogP) is 4.06. The maximum atomic E-state index is 12.7. The van der Waals surface area contributed by atoms with Gasteiger partial charge in [-0.25, -0.2) is 4.98 Å². The Balaban J connectivity index is 1.73. The average molecular weight is 318 g/mol. The van der Waals surface area contributed by atoms with Crippen LogP contribution in [0.15, 0.2) is 40.1 Å². The summed E-state index contributed by atoms with van der Waals surface area (Å²) in [5, 5.41) is 2.06. The fraction of sp³-hybridized carbons (Fsp3) is 0.375. The molecule has 1 saturated heterocycles. The Hall–Kier alpha value is -1.33. The average Bonchev–Trinajstić information content (AvgIpc) is 3.07. The largest absolute Gasteiger partial charge is 0.339 e. The Morgan fingerprint density at radius 2 is 2.05 bits per heavy atom. The zero-order chi connectivity index (χ0) is 14.5. The van der Waals surface area contributed by atoms with E-state index in [-0.39, 0.29) is 5.91 Å². The lowest BCUT2D eigenvalue weighted by Gasteiger charge is -2.27. The fourth-order valence-electron chi connectivity index (χ4n) is 2.50. The number of thiazole rings is 1. The molecule has 0 unspecified atom stereocenters. The second-order valence-corrected chi connectivity index (χ2v) is 6.85. The minimum atomic E-state index is 0.177. The molecule has 1 aliphatic heterocycles. The van der Waals surface area contributed by atoms with Crippen LogP contribution < -0.4 is 0 Å². The molecule has 1 amide bonds. The molecule has 1 fully saturated rings. The number of rotatable bonds is 4. The van der Waals surface area contributed by atoms with Crippen molar-refractivity contribution in [2.75, 3.05) is 13.1 Å². The van der Waals surface area contributed by atoms with E-state index in [9.17, 15) is 4.79 Å². The molecule has 21 heavy (non-hydrogen) atoms. The van der Waals surface area contributed by atoms with Gasteiger partial charge in [0.2, 0.25) is 0 Å². The van der Waals surface area contributed by atoms with Crippen molar-refractivity contribution in [3.05, 3.63) is 46.4 Å². The van der Waals surface area contributed by atoms with Crippen LogP contribution in [-0.4, -0.2) is 28.9 Å². The minimum absolute atomic E-state index is 0.177. The first-order valence-electron chi connectivity index (χ1n) is 7.23. The summed E-state index contributed by atoms with van der Waals surface area (Å²) >= 11 is 3.30. The van der Waals surface area contributed by atoms with Gasteiger partial charge in [-0.2, -0.15) is 0 Å². The van der Waals surface area contributed by atoms with Gasteiger partial charge < -0.3 is 4.90 Å². The van der Waals surface area contributed by atoms with Gasteiger partial charge in [0.15, 0.2) is 0 Å². The molecule has 3 rings (SSSR count). The number of thioether (sulfide) groups is 1. The van der Waals surface area contributed by atoms with Crippen LogP contribution in [0.25, 0.3) is 0 Å². The molecule has 0 atom stereocenters. The number of amides is 1. The second-order valence-electron chi connectivity index (χ2n) is 5.12. The lowest BCUT2D eigenvalue weighted by Crippen LogP contribution is -2.35. The number of likely N-dealkylation sites (tertiary alicyclic amines) is 1. The molecule has 5 heteroatoms. The summed E-state index contributed by atoms with van der Waals surface area (Å²) < 4.78 is 0. The number of aromatic nitrogens is 1. The number of benzene rings is 1. The Bertz CT molecular complexity index is 592. The van der Waals surface area contributed by atoms with Crippen LogP contribution in [0.1, 0.15) is 35.3 Å². The quantitative estimate of drug-likeness (QED) is 0.797. The van der Waals surface area contributed by atoms with Crippen LogP contribution in [-0.2, 0) is 5.75 Å². The van der Waals surface area contributed by atoms with Gasteiger partial charge in [-0.1, -0.05) is 12.1 Å². The van der Waals surface area contributed by atoms with E-state index < -0.39 is 0 Å². The van der Waals surface area contributed by atoms with Crippen molar-refractivity contribution in [1.29, 1.82) is 0 Å². The van der Waals surface area contributed by atoms with Crippen LogP contribution in [0.4, 0.5) is 0 Å². The zero-order valence-corrected chi connectivity index (χ0v) is 13.5. The summed E-state index contributed by atoms with van der Waals surface area (Å²) in [5.74, 6) is 0.990. The highest BCUT2D eigenvalue weighted by Crippen LogP contribution is 2.27. The number of hydrogen-bond acceptors (Lipinski definition) is 4. The molecule has 0 radical (unpaired) electrons. The van der Waals surface area contributed by atoms with E-state index in [2.05, 4.69) is 10.4 Å². The van der Waals surface area contributed by atoms with Crippen molar-refractivity contribution >= 4 is 29.0 Å². The smallest absolute Gasteiger partial charge is 0.254 e. The molecule has 0 saturated carbocycles. The van der Waals surface area contributed by atoms with Crippen LogP contribution in [0.3, 0.4) is 0 Å². The number of piperidine rings is 1. The molecule has 0 bridgehead atoms. The standard InChI is InChI=1S/C16H18N2OS2/c19-16(18-8-4-1-5-9-18)14-6-2-3-7-15(14)21-11-13-10-20-12-17-13/h2-3,6-7,10,12H,1,4-5,8-9,11H2. The van der Waals surface area contributed by atoms with Crippen molar-refractivity contribution < 1.29 is 4.79 Å². The van der Waals surface area contributed by atoms with Gasteiger partial charge >= 0.3 is 0 Å². The molecule has 0 spiro atoms. The minimum Gasteiger partial charge on any atom is -0.339 e. The van der Waals surface area contributed by atoms with Crippen molar-refractivity contribution in [3.63, 3.8) is 0 Å². The van der Waals surface area contributed by atoms with E-state index in [1.165, 1.54) is 6.42 Å². The highest BCUT2D eigenvalue weighted by atomic mass is 32.2. The Morgan fingerprint density at radius 1 is 1.24 bits per heavy atom. The molecule has 110 valence electrons. The van der Waals surface area contributed by atoms with Gasteiger partial charge in [0.25, 0.3) is 5.91 Å². The van der Waals surface area contributed by atoms with Crippen molar-refractivity contribution in [2.45, 2.75) is 29.9 Å². The Labute approximate surface area is 133 Å². The van der Waals surface area contributed by atoms with Crippen LogP contribution in [0.2, 0.25) is 0 Å². The number of hydrogen-bond donors (Lipinski definition) is 0. The number of nitrogens with zero attached hydrogens (tertiary/aromatic N) is 2. The van der Waals surface area contributed by atoms with Crippen molar-refractivity contribution in [3.8, 4) is 0 Å². The molecule has 1 aromatic carbocycles. The van der Waals surface area contributed by atoms with Crippen LogP contribution in [0, 0.1) is 0 Å². The van der Waals surface area contributed by atoms with Crippen LogP contribution >= 0.6 is 23.1 Å². The summed E-state index contributed by atoms with van der Waals surface area (Å²) in [6.45, 7) is 1.79. The summed E-state index contributed by atoms with van der Waals surface area (Å²) in [6.07, 6.45) is 3.49. The van der Waals surface area contributed by atoms with E-state index in [4.69, 9.17) is 0 Å². The third kappa shape index (κ3) is 3.66. The second kappa shape index (κ2) is 7.09. The molecule has 0 N–H and O–H groups in total. The maximum absolute atomic E-state index is 12.7. The predicted molar refractivity (Wildman–Crippen MR) is 87.9 cm³/mol. The maximum Gasteiger partial charge on any atom is 0.254 e. The third-order valence-electron chi connectivity index (χ3n) is 3.62. The third-order valence-corrected chi connectivity index (χ3v) is 5.36.